The van der Waals surface area contributed by atoms with Crippen molar-refractivity contribution in [1.29, 1.82) is 0 Å². The van der Waals surface area contributed by atoms with E-state index in [2.05, 4.69) is 71.3 Å². The van der Waals surface area contributed by atoms with Gasteiger partial charge in [0.05, 0.1) is 19.2 Å². The van der Waals surface area contributed by atoms with Crippen LogP contribution < -0.4 is 15.4 Å². The summed E-state index contributed by atoms with van der Waals surface area (Å²) in [6.45, 7) is 11.4. The minimum atomic E-state index is 0. The Labute approximate surface area is 203 Å². The summed E-state index contributed by atoms with van der Waals surface area (Å²) in [6, 6.07) is 6.32. The van der Waals surface area contributed by atoms with E-state index in [-0.39, 0.29) is 30.1 Å². The van der Waals surface area contributed by atoms with E-state index in [0.717, 1.165) is 54.9 Å². The van der Waals surface area contributed by atoms with Gasteiger partial charge in [0, 0.05) is 25.1 Å². The minimum absolute atomic E-state index is 0. The Morgan fingerprint density at radius 3 is 2.81 bits per heavy atom. The molecule has 0 saturated heterocycles. The second-order valence-corrected chi connectivity index (χ2v) is 7.99. The van der Waals surface area contributed by atoms with E-state index < -0.39 is 0 Å². The molecule has 1 aliphatic heterocycles. The lowest BCUT2D eigenvalue weighted by Crippen LogP contribution is -2.37. The number of aromatic nitrogens is 3. The van der Waals surface area contributed by atoms with Crippen LogP contribution in [0.2, 0.25) is 0 Å². The maximum absolute atomic E-state index is 6.13. The molecule has 1 unspecified atom stereocenters. The first-order chi connectivity index (χ1) is 14.6. The van der Waals surface area contributed by atoms with Gasteiger partial charge in [0.25, 0.3) is 0 Å². The van der Waals surface area contributed by atoms with Gasteiger partial charge in [-0.25, -0.2) is 4.99 Å². The normalized spacial score (nSPS) is 14.8. The van der Waals surface area contributed by atoms with Gasteiger partial charge in [0.1, 0.15) is 11.6 Å². The lowest BCUT2D eigenvalue weighted by Gasteiger charge is -2.17. The molecule has 0 aliphatic carbocycles. The maximum atomic E-state index is 6.13. The predicted octanol–water partition coefficient (Wildman–Crippen LogP) is 4.36. The summed E-state index contributed by atoms with van der Waals surface area (Å²) < 4.78 is 8.39. The van der Waals surface area contributed by atoms with Crippen molar-refractivity contribution < 1.29 is 4.74 Å². The smallest absolute Gasteiger partial charge is 0.191 e. The maximum Gasteiger partial charge on any atom is 0.191 e. The number of nitrogens with one attached hydrogen (secondary N) is 2. The summed E-state index contributed by atoms with van der Waals surface area (Å²) in [5.41, 5.74) is 2.29. The number of ether oxygens (including phenoxy) is 1. The molecule has 0 radical (unpaired) electrons. The van der Waals surface area contributed by atoms with Crippen LogP contribution in [0, 0.1) is 6.92 Å². The number of hydrogen-bond acceptors (Lipinski definition) is 4. The molecular weight excluding hydrogens is 503 g/mol. The molecule has 3 rings (SSSR count). The summed E-state index contributed by atoms with van der Waals surface area (Å²) in [6.07, 6.45) is 5.84. The average molecular weight is 540 g/mol. The van der Waals surface area contributed by atoms with Crippen molar-refractivity contribution in [1.82, 2.24) is 25.4 Å². The number of nitrogens with zero attached hydrogens (tertiary/aromatic N) is 4. The Hall–Kier alpha value is -1.84. The third-order valence-electron chi connectivity index (χ3n) is 5.48. The number of aryl methyl sites for hydroxylation is 2. The first kappa shape index (κ1) is 25.4. The third-order valence-corrected chi connectivity index (χ3v) is 5.48. The van der Waals surface area contributed by atoms with Crippen molar-refractivity contribution in [2.75, 3.05) is 6.54 Å². The van der Waals surface area contributed by atoms with Gasteiger partial charge in [-0.15, -0.1) is 34.2 Å². The highest BCUT2D eigenvalue weighted by Gasteiger charge is 2.15. The van der Waals surface area contributed by atoms with Crippen LogP contribution in [0.1, 0.15) is 69.2 Å². The van der Waals surface area contributed by atoms with Gasteiger partial charge in [0.15, 0.2) is 11.8 Å². The molecule has 2 aromatic rings. The molecule has 1 aromatic heterocycles. The van der Waals surface area contributed by atoms with Crippen molar-refractivity contribution in [2.24, 2.45) is 4.99 Å². The van der Waals surface area contributed by atoms with Crippen molar-refractivity contribution >= 4 is 29.9 Å². The highest BCUT2D eigenvalue weighted by molar-refractivity contribution is 14.0. The SMILES string of the molecule is CCNC(=NCc1ccc(C)cc1OC(C)CC)NCc1nnc2n1CCCCC2.I. The summed E-state index contributed by atoms with van der Waals surface area (Å²) in [7, 11) is 0. The van der Waals surface area contributed by atoms with Crippen LogP contribution in [-0.2, 0) is 26.1 Å². The molecule has 0 amide bonds. The van der Waals surface area contributed by atoms with Crippen LogP contribution in [0.3, 0.4) is 0 Å². The molecule has 1 aliphatic rings. The van der Waals surface area contributed by atoms with E-state index in [0.29, 0.717) is 13.1 Å². The summed E-state index contributed by atoms with van der Waals surface area (Å²) in [4.78, 5) is 4.79. The fourth-order valence-corrected chi connectivity index (χ4v) is 3.55. The molecule has 8 heteroatoms. The summed E-state index contributed by atoms with van der Waals surface area (Å²) >= 11 is 0. The standard InChI is InChI=1S/C23H36N6O.HI/c1-5-18(4)30-20-14-17(3)11-12-19(20)15-25-23(24-6-2)26-16-22-28-27-21-10-8-7-9-13-29(21)22;/h11-12,14,18H,5-10,13,15-16H2,1-4H3,(H2,24,25,26);1H. The fraction of sp³-hybridized carbons (Fsp3) is 0.609. The molecule has 0 spiro atoms. The lowest BCUT2D eigenvalue weighted by molar-refractivity contribution is 0.215. The Bertz CT molecular complexity index is 851. The highest BCUT2D eigenvalue weighted by atomic mass is 127. The predicted molar refractivity (Wildman–Crippen MR) is 136 cm³/mol. The van der Waals surface area contributed by atoms with E-state index >= 15 is 0 Å². The molecule has 0 bridgehead atoms. The quantitative estimate of drug-likeness (QED) is 0.296. The first-order valence-electron chi connectivity index (χ1n) is 11.3. The number of fused-ring (bicyclic) bond motifs is 1. The Kier molecular flexibility index (Phi) is 10.6. The number of rotatable bonds is 8. The van der Waals surface area contributed by atoms with Crippen LogP contribution >= 0.6 is 24.0 Å². The van der Waals surface area contributed by atoms with Crippen LogP contribution in [-0.4, -0.2) is 33.4 Å². The monoisotopic (exact) mass is 540 g/mol. The van der Waals surface area contributed by atoms with Gasteiger partial charge >= 0.3 is 0 Å². The molecule has 0 fully saturated rings. The second kappa shape index (κ2) is 12.9. The van der Waals surface area contributed by atoms with Crippen LogP contribution in [0.5, 0.6) is 5.75 Å². The van der Waals surface area contributed by atoms with Gasteiger partial charge < -0.3 is 19.9 Å². The van der Waals surface area contributed by atoms with Crippen LogP contribution in [0.4, 0.5) is 0 Å². The van der Waals surface area contributed by atoms with E-state index in [1.165, 1.54) is 24.8 Å². The molecule has 7 nitrogen and oxygen atoms in total. The van der Waals surface area contributed by atoms with Gasteiger partial charge in [-0.3, -0.25) is 0 Å². The van der Waals surface area contributed by atoms with Crippen molar-refractivity contribution in [2.45, 2.75) is 85.5 Å². The number of benzene rings is 1. The minimum Gasteiger partial charge on any atom is -0.490 e. The molecule has 31 heavy (non-hydrogen) atoms. The topological polar surface area (TPSA) is 76.4 Å². The molecule has 0 saturated carbocycles. The van der Waals surface area contributed by atoms with Gasteiger partial charge in [-0.1, -0.05) is 25.5 Å². The van der Waals surface area contributed by atoms with Gasteiger partial charge in [-0.2, -0.15) is 0 Å². The molecular formula is C23H37IN6O. The fourth-order valence-electron chi connectivity index (χ4n) is 3.55. The Balaban J connectivity index is 0.00000341. The number of hydrogen-bond donors (Lipinski definition) is 2. The Morgan fingerprint density at radius 2 is 2.03 bits per heavy atom. The molecule has 172 valence electrons. The van der Waals surface area contributed by atoms with Crippen LogP contribution in [0.15, 0.2) is 23.2 Å². The molecule has 2 N–H and O–H groups in total. The summed E-state index contributed by atoms with van der Waals surface area (Å²) in [5.74, 6) is 3.79. The van der Waals surface area contributed by atoms with Crippen molar-refractivity contribution in [3.05, 3.63) is 41.0 Å². The lowest BCUT2D eigenvalue weighted by atomic mass is 10.1. The third kappa shape index (κ3) is 7.36. The van der Waals surface area contributed by atoms with Gasteiger partial charge in [-0.05, 0) is 51.7 Å². The van der Waals surface area contributed by atoms with E-state index in [4.69, 9.17) is 9.73 Å². The number of halogens is 1. The Morgan fingerprint density at radius 1 is 1.19 bits per heavy atom. The largest absolute Gasteiger partial charge is 0.490 e. The second-order valence-electron chi connectivity index (χ2n) is 7.99. The average Bonchev–Trinajstić information content (AvgIpc) is 2.97. The summed E-state index contributed by atoms with van der Waals surface area (Å²) in [5, 5.41) is 15.5. The van der Waals surface area contributed by atoms with Crippen molar-refractivity contribution in [3.8, 4) is 5.75 Å². The zero-order valence-corrected chi connectivity index (χ0v) is 21.6. The zero-order chi connectivity index (χ0) is 21.3. The van der Waals surface area contributed by atoms with E-state index in [9.17, 15) is 0 Å². The first-order valence-corrected chi connectivity index (χ1v) is 11.3. The molecule has 1 aromatic carbocycles. The zero-order valence-electron chi connectivity index (χ0n) is 19.3. The van der Waals surface area contributed by atoms with E-state index in [1.807, 2.05) is 0 Å². The molecule has 1 atom stereocenters. The highest BCUT2D eigenvalue weighted by Crippen LogP contribution is 2.23. The van der Waals surface area contributed by atoms with E-state index in [1.54, 1.807) is 0 Å². The van der Waals surface area contributed by atoms with Crippen molar-refractivity contribution in [3.63, 3.8) is 0 Å². The number of aliphatic imine (C=N–C) groups is 1. The number of guanidine groups is 1. The van der Waals surface area contributed by atoms with Gasteiger partial charge in [0.2, 0.25) is 0 Å². The molecule has 2 heterocycles. The van der Waals surface area contributed by atoms with Crippen LogP contribution in [0.25, 0.3) is 0 Å².